The summed E-state index contributed by atoms with van der Waals surface area (Å²) in [5.41, 5.74) is 1.08. The van der Waals surface area contributed by atoms with Gasteiger partial charge in [0.05, 0.1) is 0 Å². The Balaban J connectivity index is 0.000000208. The van der Waals surface area contributed by atoms with Crippen molar-refractivity contribution in [2.45, 2.75) is 46.5 Å². The van der Waals surface area contributed by atoms with Gasteiger partial charge in [0, 0.05) is 23.9 Å². The maximum Gasteiger partial charge on any atom is 0.212 e. The first-order valence-electron chi connectivity index (χ1n) is 7.59. The van der Waals surface area contributed by atoms with Gasteiger partial charge in [0.25, 0.3) is 0 Å². The average molecular weight is 336 g/mol. The van der Waals surface area contributed by atoms with Crippen LogP contribution in [0.4, 0.5) is 5.82 Å². The molecule has 1 fully saturated rings. The lowest BCUT2D eigenvalue weighted by molar-refractivity contribution is -0.105. The lowest BCUT2D eigenvalue weighted by atomic mass is 10.3. The number of carbonyl (C=O) groups is 1. The smallest absolute Gasteiger partial charge is 0.212 e. The highest BCUT2D eigenvalue weighted by Gasteiger charge is 2.25. The summed E-state index contributed by atoms with van der Waals surface area (Å²) in [5.74, 6) is 2.67. The summed E-state index contributed by atoms with van der Waals surface area (Å²) in [6.07, 6.45) is 4.95. The molecular weight excluding hydrogens is 314 g/mol. The Labute approximate surface area is 141 Å². The molecule has 124 valence electrons. The third kappa shape index (κ3) is 7.15. The minimum absolute atomic E-state index is 0.321. The molecule has 1 saturated carbocycles. The second-order valence-electron chi connectivity index (χ2n) is 4.72. The summed E-state index contributed by atoms with van der Waals surface area (Å²) in [4.78, 5) is 26.2. The van der Waals surface area contributed by atoms with Crippen LogP contribution in [-0.4, -0.2) is 26.3 Å². The van der Waals surface area contributed by atoms with Gasteiger partial charge in [0.2, 0.25) is 6.41 Å². The maximum atomic E-state index is 9.98. The van der Waals surface area contributed by atoms with Gasteiger partial charge in [-0.2, -0.15) is 0 Å². The van der Waals surface area contributed by atoms with Gasteiger partial charge < -0.3 is 5.32 Å². The second kappa shape index (κ2) is 9.84. The molecule has 0 radical (unpaired) electrons. The van der Waals surface area contributed by atoms with E-state index in [-0.39, 0.29) is 0 Å². The SMILES string of the molecule is CC.Cc1ccnc(C2CC2)n1.Cc1nc(Cl)cc(NC=O)n1. The molecule has 2 heterocycles. The Kier molecular flexibility index (Phi) is 8.11. The number of amides is 1. The molecule has 6 nitrogen and oxygen atoms in total. The number of hydrogen-bond donors (Lipinski definition) is 1. The molecule has 23 heavy (non-hydrogen) atoms. The van der Waals surface area contributed by atoms with Crippen molar-refractivity contribution in [2.75, 3.05) is 5.32 Å². The topological polar surface area (TPSA) is 80.7 Å². The number of aromatic nitrogens is 4. The van der Waals surface area contributed by atoms with Gasteiger partial charge in [0.15, 0.2) is 0 Å². The van der Waals surface area contributed by atoms with Gasteiger partial charge in [-0.25, -0.2) is 19.9 Å². The monoisotopic (exact) mass is 335 g/mol. The normalized spacial score (nSPS) is 12.2. The zero-order valence-corrected chi connectivity index (χ0v) is 14.6. The van der Waals surface area contributed by atoms with E-state index in [9.17, 15) is 4.79 Å². The summed E-state index contributed by atoms with van der Waals surface area (Å²) in [6, 6.07) is 3.41. The molecule has 2 aromatic rings. The highest BCUT2D eigenvalue weighted by Crippen LogP contribution is 2.37. The number of anilines is 1. The third-order valence-electron chi connectivity index (χ3n) is 2.77. The standard InChI is InChI=1S/C8H10N2.C6H6ClN3O.C2H6/c1-6-4-5-9-8(10-6)7-2-3-7;1-4-9-5(7)2-6(10-4)8-3-11;1-2/h4-5,7H,2-3H2,1H3;2-3H,1H3,(H,8,9,10,11);1-2H3. The highest BCUT2D eigenvalue weighted by atomic mass is 35.5. The van der Waals surface area contributed by atoms with Crippen molar-refractivity contribution >= 4 is 23.8 Å². The van der Waals surface area contributed by atoms with Crippen molar-refractivity contribution < 1.29 is 4.79 Å². The molecule has 0 spiro atoms. The molecule has 0 unspecified atom stereocenters. The van der Waals surface area contributed by atoms with Crippen LogP contribution in [0.3, 0.4) is 0 Å². The van der Waals surface area contributed by atoms with Gasteiger partial charge in [-0.1, -0.05) is 25.4 Å². The Morgan fingerprint density at radius 1 is 1.22 bits per heavy atom. The first-order valence-corrected chi connectivity index (χ1v) is 7.97. The van der Waals surface area contributed by atoms with E-state index in [1.165, 1.54) is 18.9 Å². The van der Waals surface area contributed by atoms with Crippen molar-refractivity contribution in [3.8, 4) is 0 Å². The number of rotatable bonds is 3. The number of carbonyl (C=O) groups excluding carboxylic acids is 1. The predicted molar refractivity (Wildman–Crippen MR) is 91.6 cm³/mol. The molecule has 1 N–H and O–H groups in total. The maximum absolute atomic E-state index is 9.98. The molecule has 1 aliphatic rings. The van der Waals surface area contributed by atoms with Crippen molar-refractivity contribution in [1.29, 1.82) is 0 Å². The molecule has 0 aliphatic heterocycles. The first kappa shape index (κ1) is 19.0. The number of aryl methyl sites for hydroxylation is 2. The molecule has 0 bridgehead atoms. The third-order valence-corrected chi connectivity index (χ3v) is 2.96. The average Bonchev–Trinajstić information content (AvgIpc) is 3.34. The van der Waals surface area contributed by atoms with Gasteiger partial charge in [-0.3, -0.25) is 4.79 Å². The van der Waals surface area contributed by atoms with Crippen LogP contribution < -0.4 is 5.32 Å². The summed E-state index contributed by atoms with van der Waals surface area (Å²) >= 11 is 5.58. The van der Waals surface area contributed by atoms with Gasteiger partial charge in [0.1, 0.15) is 22.6 Å². The summed E-state index contributed by atoms with van der Waals surface area (Å²) in [6.45, 7) is 7.70. The van der Waals surface area contributed by atoms with Crippen molar-refractivity contribution in [3.63, 3.8) is 0 Å². The van der Waals surface area contributed by atoms with Crippen molar-refractivity contribution in [1.82, 2.24) is 19.9 Å². The van der Waals surface area contributed by atoms with E-state index in [4.69, 9.17) is 11.6 Å². The molecule has 7 heteroatoms. The lowest BCUT2D eigenvalue weighted by Crippen LogP contribution is -1.99. The van der Waals surface area contributed by atoms with Crippen LogP contribution in [0.15, 0.2) is 18.3 Å². The Morgan fingerprint density at radius 2 is 1.91 bits per heavy atom. The minimum atomic E-state index is 0.321. The number of nitrogens with one attached hydrogen (secondary N) is 1. The van der Waals surface area contributed by atoms with Gasteiger partial charge >= 0.3 is 0 Å². The van der Waals surface area contributed by atoms with Crippen LogP contribution in [0.2, 0.25) is 5.15 Å². The van der Waals surface area contributed by atoms with Crippen LogP contribution in [0.1, 0.15) is 49.9 Å². The van der Waals surface area contributed by atoms with Crippen molar-refractivity contribution in [2.24, 2.45) is 0 Å². The molecule has 1 aliphatic carbocycles. The largest absolute Gasteiger partial charge is 0.313 e. The van der Waals surface area contributed by atoms with E-state index < -0.39 is 0 Å². The van der Waals surface area contributed by atoms with E-state index in [0.717, 1.165) is 11.5 Å². The molecule has 2 aromatic heterocycles. The Hall–Kier alpha value is -2.08. The quantitative estimate of drug-likeness (QED) is 0.683. The summed E-state index contributed by atoms with van der Waals surface area (Å²) in [7, 11) is 0. The molecule has 1 amide bonds. The highest BCUT2D eigenvalue weighted by molar-refractivity contribution is 6.29. The zero-order valence-electron chi connectivity index (χ0n) is 13.9. The fourth-order valence-electron chi connectivity index (χ4n) is 1.67. The summed E-state index contributed by atoms with van der Waals surface area (Å²) < 4.78 is 0. The second-order valence-corrected chi connectivity index (χ2v) is 5.10. The summed E-state index contributed by atoms with van der Waals surface area (Å²) in [5, 5.41) is 2.69. The van der Waals surface area contributed by atoms with E-state index in [1.807, 2.05) is 33.0 Å². The minimum Gasteiger partial charge on any atom is -0.313 e. The van der Waals surface area contributed by atoms with Crippen LogP contribution in [0, 0.1) is 13.8 Å². The van der Waals surface area contributed by atoms with Crippen LogP contribution >= 0.6 is 11.6 Å². The van der Waals surface area contributed by atoms with Gasteiger partial charge in [-0.05, 0) is 32.8 Å². The molecule has 0 saturated heterocycles. The lowest BCUT2D eigenvalue weighted by Gasteiger charge is -1.98. The molecular formula is C16H22ClN5O. The molecule has 0 aromatic carbocycles. The fourth-order valence-corrected chi connectivity index (χ4v) is 1.90. The number of halogens is 1. The van der Waals surface area contributed by atoms with Gasteiger partial charge in [-0.15, -0.1) is 0 Å². The van der Waals surface area contributed by atoms with E-state index >= 15 is 0 Å². The fraction of sp³-hybridized carbons (Fsp3) is 0.438. The van der Waals surface area contributed by atoms with Crippen LogP contribution in [-0.2, 0) is 4.79 Å². The van der Waals surface area contributed by atoms with E-state index in [1.54, 1.807) is 6.92 Å². The van der Waals surface area contributed by atoms with E-state index in [0.29, 0.717) is 29.1 Å². The molecule has 0 atom stereocenters. The molecule has 3 rings (SSSR count). The Morgan fingerprint density at radius 3 is 2.43 bits per heavy atom. The number of hydrogen-bond acceptors (Lipinski definition) is 5. The van der Waals surface area contributed by atoms with E-state index in [2.05, 4.69) is 25.3 Å². The van der Waals surface area contributed by atoms with Crippen LogP contribution in [0.25, 0.3) is 0 Å². The Bertz CT molecular complexity index is 611. The predicted octanol–water partition coefficient (Wildman–Crippen LogP) is 3.70. The number of nitrogens with zero attached hydrogens (tertiary/aromatic N) is 4. The first-order chi connectivity index (χ1) is 11.1. The zero-order chi connectivity index (χ0) is 17.2. The van der Waals surface area contributed by atoms with Crippen LogP contribution in [0.5, 0.6) is 0 Å². The van der Waals surface area contributed by atoms with Crippen molar-refractivity contribution in [3.05, 3.63) is 40.8 Å².